The average Bonchev–Trinajstić information content (AvgIpc) is 2.89. The Kier molecular flexibility index (Phi) is 11.2. The zero-order valence-electron chi connectivity index (χ0n) is 15.4. The van der Waals surface area contributed by atoms with Gasteiger partial charge in [0.25, 0.3) is 0 Å². The fourth-order valence-electron chi connectivity index (χ4n) is 3.82. The Morgan fingerprint density at radius 3 is 2.19 bits per heavy atom. The summed E-state index contributed by atoms with van der Waals surface area (Å²) in [5.74, 6) is 0.519. The number of halogens is 3. The van der Waals surface area contributed by atoms with Gasteiger partial charge in [0.1, 0.15) is 0 Å². The van der Waals surface area contributed by atoms with E-state index in [0.717, 1.165) is 6.42 Å². The van der Waals surface area contributed by atoms with Crippen molar-refractivity contribution >= 4 is 19.9 Å². The van der Waals surface area contributed by atoms with E-state index in [1.807, 2.05) is 0 Å². The molecule has 0 fully saturated rings. The van der Waals surface area contributed by atoms with Crippen LogP contribution in [0.3, 0.4) is 0 Å². The van der Waals surface area contributed by atoms with E-state index in [2.05, 4.69) is 80.6 Å². The number of fused-ring (bicyclic) bond motifs is 3. The van der Waals surface area contributed by atoms with Gasteiger partial charge in [0.2, 0.25) is 0 Å². The SMILES string of the molecule is CCC1c2[c-]c([SiH2]c3ccccc3)c(C)cc2-c2ccccc21.[Cl-].[Cl-].[Cl-].[Ti+4]. The van der Waals surface area contributed by atoms with Crippen LogP contribution in [0.25, 0.3) is 11.1 Å². The molecule has 0 bridgehead atoms. The van der Waals surface area contributed by atoms with Crippen molar-refractivity contribution in [2.45, 2.75) is 26.2 Å². The van der Waals surface area contributed by atoms with Crippen LogP contribution in [0.15, 0.2) is 60.7 Å². The molecule has 4 rings (SSSR count). The number of rotatable bonds is 3. The molecular weight excluding hydrogens is 447 g/mol. The first kappa shape index (κ1) is 26.5. The first-order valence-electron chi connectivity index (χ1n) is 8.47. The Morgan fingerprint density at radius 1 is 0.889 bits per heavy atom. The molecule has 0 saturated heterocycles. The van der Waals surface area contributed by atoms with Crippen molar-refractivity contribution < 1.29 is 58.9 Å². The second-order valence-electron chi connectivity index (χ2n) is 6.47. The fraction of sp³-hybridized carbons (Fsp3) is 0.182. The van der Waals surface area contributed by atoms with Crippen LogP contribution < -0.4 is 47.6 Å². The molecule has 1 aliphatic rings. The molecule has 0 nitrogen and oxygen atoms in total. The second kappa shape index (κ2) is 11.5. The largest absolute Gasteiger partial charge is 4.00 e. The Balaban J connectivity index is 0.00000169. The van der Waals surface area contributed by atoms with E-state index >= 15 is 0 Å². The first-order valence-corrected chi connectivity index (χ1v) is 9.88. The summed E-state index contributed by atoms with van der Waals surface area (Å²) in [7, 11) is -0.453. The molecule has 0 spiro atoms. The Bertz CT molecular complexity index is 869. The Hall–Kier alpha value is -0.539. The predicted octanol–water partition coefficient (Wildman–Crippen LogP) is -5.55. The van der Waals surface area contributed by atoms with Gasteiger partial charge in [-0.25, -0.2) is 0 Å². The standard InChI is InChI=1S/C22H21Si.3ClH.Ti/c1-3-17-18-11-7-8-12-19(18)20-13-15(2)22(14-21(17)20)23-16-9-5-4-6-10-16;;;;/h4-13,17H,3,23H2,1-2H3;3*1H;/q-1;;;;+4/p-3. The molecule has 27 heavy (non-hydrogen) atoms. The zero-order valence-corrected chi connectivity index (χ0v) is 20.6. The van der Waals surface area contributed by atoms with Gasteiger partial charge >= 0.3 is 21.7 Å². The minimum absolute atomic E-state index is 0. The van der Waals surface area contributed by atoms with Crippen molar-refractivity contribution in [3.05, 3.63) is 83.4 Å². The molecule has 3 aromatic rings. The van der Waals surface area contributed by atoms with E-state index in [-0.39, 0.29) is 58.9 Å². The molecule has 0 amide bonds. The van der Waals surface area contributed by atoms with Crippen LogP contribution in [0.1, 0.15) is 36.0 Å². The summed E-state index contributed by atoms with van der Waals surface area (Å²) in [6.45, 7) is 4.54. The third-order valence-electron chi connectivity index (χ3n) is 5.02. The van der Waals surface area contributed by atoms with Crippen molar-refractivity contribution in [1.29, 1.82) is 0 Å². The maximum Gasteiger partial charge on any atom is 4.00 e. The summed E-state index contributed by atoms with van der Waals surface area (Å²) in [6.07, 6.45) is 1.15. The normalized spacial score (nSPS) is 13.5. The van der Waals surface area contributed by atoms with Crippen LogP contribution in [0.4, 0.5) is 0 Å². The molecule has 1 atom stereocenters. The van der Waals surface area contributed by atoms with Crippen LogP contribution in [0, 0.1) is 13.0 Å². The summed E-state index contributed by atoms with van der Waals surface area (Å²) < 4.78 is 0. The molecule has 0 aromatic heterocycles. The van der Waals surface area contributed by atoms with Crippen molar-refractivity contribution in [2.75, 3.05) is 0 Å². The molecule has 138 valence electrons. The minimum Gasteiger partial charge on any atom is -1.00 e. The maximum atomic E-state index is 3.85. The van der Waals surface area contributed by atoms with Gasteiger partial charge in [-0.15, -0.1) is 11.1 Å². The van der Waals surface area contributed by atoms with Crippen LogP contribution in [0.2, 0.25) is 0 Å². The Labute approximate surface area is 198 Å². The monoisotopic (exact) mass is 466 g/mol. The molecule has 5 heteroatoms. The van der Waals surface area contributed by atoms with Crippen molar-refractivity contribution in [1.82, 2.24) is 0 Å². The Morgan fingerprint density at radius 2 is 1.52 bits per heavy atom. The van der Waals surface area contributed by atoms with E-state index in [0.29, 0.717) is 5.92 Å². The third-order valence-corrected chi connectivity index (χ3v) is 6.99. The van der Waals surface area contributed by atoms with Gasteiger partial charge in [0.15, 0.2) is 0 Å². The van der Waals surface area contributed by atoms with Crippen molar-refractivity contribution in [2.24, 2.45) is 0 Å². The quantitative estimate of drug-likeness (QED) is 0.266. The smallest absolute Gasteiger partial charge is 1.00 e. The molecule has 0 radical (unpaired) electrons. The molecule has 0 aliphatic heterocycles. The minimum atomic E-state index is -0.453. The van der Waals surface area contributed by atoms with Gasteiger partial charge in [-0.05, 0) is 17.9 Å². The second-order valence-corrected chi connectivity index (χ2v) is 8.35. The van der Waals surface area contributed by atoms with Crippen LogP contribution in [0.5, 0.6) is 0 Å². The van der Waals surface area contributed by atoms with E-state index in [1.54, 1.807) is 0 Å². The van der Waals surface area contributed by atoms with E-state index in [9.17, 15) is 0 Å². The fourth-order valence-corrected chi connectivity index (χ4v) is 5.39. The summed E-state index contributed by atoms with van der Waals surface area (Å²) >= 11 is 0. The number of hydrogen-bond acceptors (Lipinski definition) is 0. The topological polar surface area (TPSA) is 0 Å². The van der Waals surface area contributed by atoms with Gasteiger partial charge in [-0.2, -0.15) is 22.9 Å². The number of aryl methyl sites for hydroxylation is 1. The van der Waals surface area contributed by atoms with Gasteiger partial charge < -0.3 is 37.2 Å². The molecule has 1 unspecified atom stereocenters. The molecule has 0 saturated carbocycles. The molecule has 0 heterocycles. The average molecular weight is 468 g/mol. The van der Waals surface area contributed by atoms with Crippen molar-refractivity contribution in [3.63, 3.8) is 0 Å². The van der Waals surface area contributed by atoms with E-state index in [1.165, 1.54) is 38.2 Å². The number of hydrogen-bond donors (Lipinski definition) is 0. The molecular formula is C22H21Cl3SiTi. The van der Waals surface area contributed by atoms with Gasteiger partial charge in [0, 0.05) is 0 Å². The molecule has 0 N–H and O–H groups in total. The van der Waals surface area contributed by atoms with E-state index in [4.69, 9.17) is 0 Å². The summed E-state index contributed by atoms with van der Waals surface area (Å²) in [5, 5.41) is 2.97. The molecule has 1 aliphatic carbocycles. The van der Waals surface area contributed by atoms with Crippen LogP contribution in [-0.4, -0.2) is 9.52 Å². The van der Waals surface area contributed by atoms with Gasteiger partial charge in [-0.1, -0.05) is 79.2 Å². The third kappa shape index (κ3) is 5.09. The summed E-state index contributed by atoms with van der Waals surface area (Å²) in [4.78, 5) is 0. The van der Waals surface area contributed by atoms with E-state index < -0.39 is 9.52 Å². The van der Waals surface area contributed by atoms with Crippen LogP contribution >= 0.6 is 0 Å². The first-order chi connectivity index (χ1) is 11.3. The van der Waals surface area contributed by atoms with Gasteiger partial charge in [-0.3, -0.25) is 0 Å². The maximum absolute atomic E-state index is 3.85. The predicted molar refractivity (Wildman–Crippen MR) is 102 cm³/mol. The number of benzene rings is 3. The van der Waals surface area contributed by atoms with Gasteiger partial charge in [0.05, 0.1) is 9.52 Å². The van der Waals surface area contributed by atoms with Crippen LogP contribution in [-0.2, 0) is 21.7 Å². The molecule has 3 aromatic carbocycles. The summed E-state index contributed by atoms with van der Waals surface area (Å²) in [6, 6.07) is 26.1. The zero-order chi connectivity index (χ0) is 15.8. The summed E-state index contributed by atoms with van der Waals surface area (Å²) in [5.41, 5.74) is 7.15. The van der Waals surface area contributed by atoms with Crippen molar-refractivity contribution in [3.8, 4) is 11.1 Å².